The molecule has 0 radical (unpaired) electrons. The molecule has 1 nitrogen and oxygen atoms in total. The van der Waals surface area contributed by atoms with Crippen LogP contribution < -0.4 is 0 Å². The Morgan fingerprint density at radius 1 is 1.25 bits per heavy atom. The number of aldehydes is 1. The van der Waals surface area contributed by atoms with E-state index in [-0.39, 0.29) is 0 Å². The second kappa shape index (κ2) is 2.34. The molecule has 1 heteroatoms. The molecule has 0 aromatic heterocycles. The smallest absolute Gasteiger partial charge is 0.123 e. The largest absolute Gasteiger partial charge is 0.303 e. The van der Waals surface area contributed by atoms with Crippen LogP contribution in [0.3, 0.4) is 0 Å². The average Bonchev–Trinajstić information content (AvgIpc) is 2.02. The van der Waals surface area contributed by atoms with Gasteiger partial charge in [0.1, 0.15) is 6.29 Å². The fourth-order valence-electron chi connectivity index (χ4n) is 3.60. The highest BCUT2D eigenvalue weighted by Gasteiger charge is 2.56. The minimum Gasteiger partial charge on any atom is -0.303 e. The van der Waals surface area contributed by atoms with Crippen molar-refractivity contribution in [2.75, 3.05) is 0 Å². The van der Waals surface area contributed by atoms with Gasteiger partial charge in [0.05, 0.1) is 0 Å². The first-order chi connectivity index (χ1) is 5.57. The van der Waals surface area contributed by atoms with E-state index < -0.39 is 0 Å². The molecule has 0 heterocycles. The number of fused-ring (bicyclic) bond motifs is 2. The Balaban J connectivity index is 2.21. The van der Waals surface area contributed by atoms with Gasteiger partial charge in [-0.25, -0.2) is 0 Å². The maximum absolute atomic E-state index is 10.8. The Bertz CT molecular complexity index is 207. The summed E-state index contributed by atoms with van der Waals surface area (Å²) < 4.78 is 0. The first-order valence-corrected chi connectivity index (χ1v) is 5.02. The Labute approximate surface area is 74.5 Å². The first kappa shape index (κ1) is 8.28. The fourth-order valence-corrected chi connectivity index (χ4v) is 3.60. The van der Waals surface area contributed by atoms with E-state index in [2.05, 4.69) is 20.8 Å². The number of carbonyl (C=O) groups is 1. The molecule has 12 heavy (non-hydrogen) atoms. The zero-order valence-electron chi connectivity index (χ0n) is 8.21. The summed E-state index contributed by atoms with van der Waals surface area (Å²) in [4.78, 5) is 10.8. The summed E-state index contributed by atoms with van der Waals surface area (Å²) in [5.74, 6) is 2.70. The lowest BCUT2D eigenvalue weighted by atomic mass is 9.43. The van der Waals surface area contributed by atoms with Gasteiger partial charge < -0.3 is 4.79 Å². The maximum atomic E-state index is 10.8. The van der Waals surface area contributed by atoms with Crippen molar-refractivity contribution in [3.8, 4) is 0 Å². The van der Waals surface area contributed by atoms with E-state index >= 15 is 0 Å². The van der Waals surface area contributed by atoms with Crippen LogP contribution in [0.4, 0.5) is 0 Å². The Hall–Kier alpha value is -0.330. The van der Waals surface area contributed by atoms with Crippen molar-refractivity contribution in [3.05, 3.63) is 0 Å². The van der Waals surface area contributed by atoms with Crippen LogP contribution in [-0.4, -0.2) is 6.29 Å². The summed E-state index contributed by atoms with van der Waals surface area (Å²) in [6, 6.07) is 0. The van der Waals surface area contributed by atoms with Crippen LogP contribution in [0.1, 0.15) is 33.6 Å². The molecular formula is C11H18O. The molecule has 3 saturated carbocycles. The van der Waals surface area contributed by atoms with E-state index in [0.29, 0.717) is 17.3 Å². The number of hydrogen-bond acceptors (Lipinski definition) is 1. The SMILES string of the molecule is C[C@@H]1C[C@H](C=O)[C@@H]2C[C@H]1C2(C)C. The minimum atomic E-state index is 0.361. The van der Waals surface area contributed by atoms with Gasteiger partial charge in [-0.15, -0.1) is 0 Å². The van der Waals surface area contributed by atoms with E-state index in [0.717, 1.165) is 18.3 Å². The summed E-state index contributed by atoms with van der Waals surface area (Å²) in [6.45, 7) is 6.97. The van der Waals surface area contributed by atoms with Crippen LogP contribution in [0.25, 0.3) is 0 Å². The van der Waals surface area contributed by atoms with Crippen LogP contribution in [0, 0.1) is 29.1 Å². The lowest BCUT2D eigenvalue weighted by Crippen LogP contribution is -2.56. The van der Waals surface area contributed by atoms with Crippen molar-refractivity contribution in [1.29, 1.82) is 0 Å². The second-order valence-corrected chi connectivity index (χ2v) is 5.28. The third-order valence-electron chi connectivity index (χ3n) is 4.44. The van der Waals surface area contributed by atoms with Gasteiger partial charge >= 0.3 is 0 Å². The Kier molecular flexibility index (Phi) is 1.61. The zero-order valence-corrected chi connectivity index (χ0v) is 8.21. The quantitative estimate of drug-likeness (QED) is 0.547. The Morgan fingerprint density at radius 3 is 2.33 bits per heavy atom. The molecule has 0 saturated heterocycles. The number of rotatable bonds is 1. The molecule has 0 amide bonds. The van der Waals surface area contributed by atoms with E-state index in [1.54, 1.807) is 0 Å². The van der Waals surface area contributed by atoms with Gasteiger partial charge in [0.15, 0.2) is 0 Å². The van der Waals surface area contributed by atoms with Crippen molar-refractivity contribution < 1.29 is 4.79 Å². The highest BCUT2D eigenvalue weighted by Crippen LogP contribution is 2.62. The summed E-state index contributed by atoms with van der Waals surface area (Å²) >= 11 is 0. The van der Waals surface area contributed by atoms with Crippen molar-refractivity contribution in [3.63, 3.8) is 0 Å². The van der Waals surface area contributed by atoms with Crippen LogP contribution in [-0.2, 0) is 4.79 Å². The van der Waals surface area contributed by atoms with Crippen molar-refractivity contribution >= 4 is 6.29 Å². The molecule has 0 aromatic carbocycles. The molecule has 0 N–H and O–H groups in total. The van der Waals surface area contributed by atoms with Crippen LogP contribution in [0.5, 0.6) is 0 Å². The maximum Gasteiger partial charge on any atom is 0.123 e. The van der Waals surface area contributed by atoms with E-state index in [1.165, 1.54) is 12.7 Å². The van der Waals surface area contributed by atoms with Gasteiger partial charge in [0, 0.05) is 5.92 Å². The summed E-state index contributed by atoms with van der Waals surface area (Å²) in [5.41, 5.74) is 0.448. The molecule has 0 aromatic rings. The number of hydrogen-bond donors (Lipinski definition) is 0. The predicted octanol–water partition coefficient (Wildman–Crippen LogP) is 2.50. The molecule has 3 fully saturated rings. The second-order valence-electron chi connectivity index (χ2n) is 5.28. The molecular weight excluding hydrogens is 148 g/mol. The highest BCUT2D eigenvalue weighted by atomic mass is 16.1. The van der Waals surface area contributed by atoms with Crippen LogP contribution in [0.15, 0.2) is 0 Å². The van der Waals surface area contributed by atoms with E-state index in [9.17, 15) is 4.79 Å². The topological polar surface area (TPSA) is 17.1 Å². The van der Waals surface area contributed by atoms with E-state index in [1.807, 2.05) is 0 Å². The molecule has 3 rings (SSSR count). The third-order valence-corrected chi connectivity index (χ3v) is 4.44. The number of carbonyl (C=O) groups excluding carboxylic acids is 1. The standard InChI is InChI=1S/C11H18O/c1-7-4-8(6-12)10-5-9(7)11(10,2)3/h6-10H,4-5H2,1-3H3/t7-,8-,9-,10+/m1/s1. The normalized spacial score (nSPS) is 49.6. The zero-order chi connectivity index (χ0) is 8.93. The van der Waals surface area contributed by atoms with Gasteiger partial charge in [0.2, 0.25) is 0 Å². The molecule has 68 valence electrons. The monoisotopic (exact) mass is 166 g/mol. The van der Waals surface area contributed by atoms with Crippen LogP contribution in [0.2, 0.25) is 0 Å². The highest BCUT2D eigenvalue weighted by molar-refractivity contribution is 5.55. The fraction of sp³-hybridized carbons (Fsp3) is 0.909. The van der Waals surface area contributed by atoms with Gasteiger partial charge in [-0.1, -0.05) is 20.8 Å². The summed E-state index contributed by atoms with van der Waals surface area (Å²) in [7, 11) is 0. The molecule has 3 aliphatic carbocycles. The lowest BCUT2D eigenvalue weighted by Gasteiger charge is -2.61. The third kappa shape index (κ3) is 0.826. The molecule has 2 bridgehead atoms. The van der Waals surface area contributed by atoms with Gasteiger partial charge in [-0.05, 0) is 36.0 Å². The predicted molar refractivity (Wildman–Crippen MR) is 48.7 cm³/mol. The van der Waals surface area contributed by atoms with Crippen LogP contribution >= 0.6 is 0 Å². The van der Waals surface area contributed by atoms with Crippen molar-refractivity contribution in [2.24, 2.45) is 29.1 Å². The van der Waals surface area contributed by atoms with E-state index in [4.69, 9.17) is 0 Å². The Morgan fingerprint density at radius 2 is 1.92 bits per heavy atom. The van der Waals surface area contributed by atoms with Crippen molar-refractivity contribution in [2.45, 2.75) is 33.6 Å². The molecule has 3 aliphatic rings. The average molecular weight is 166 g/mol. The minimum absolute atomic E-state index is 0.361. The summed E-state index contributed by atoms with van der Waals surface area (Å²) in [5, 5.41) is 0. The lowest BCUT2D eigenvalue weighted by molar-refractivity contribution is -0.149. The molecule has 4 atom stereocenters. The van der Waals surface area contributed by atoms with Gasteiger partial charge in [0.25, 0.3) is 0 Å². The summed E-state index contributed by atoms with van der Waals surface area (Å²) in [6.07, 6.45) is 3.64. The molecule has 0 unspecified atom stereocenters. The van der Waals surface area contributed by atoms with Gasteiger partial charge in [-0.2, -0.15) is 0 Å². The molecule has 0 spiro atoms. The first-order valence-electron chi connectivity index (χ1n) is 5.02. The van der Waals surface area contributed by atoms with Gasteiger partial charge in [-0.3, -0.25) is 0 Å². The van der Waals surface area contributed by atoms with Crippen molar-refractivity contribution in [1.82, 2.24) is 0 Å². The molecule has 0 aliphatic heterocycles.